The van der Waals surface area contributed by atoms with Crippen LogP contribution in [-0.2, 0) is 15.2 Å². The van der Waals surface area contributed by atoms with Crippen molar-refractivity contribution in [3.63, 3.8) is 0 Å². The van der Waals surface area contributed by atoms with Gasteiger partial charge in [0.2, 0.25) is 0 Å². The third-order valence-corrected chi connectivity index (χ3v) is 7.97. The molecule has 0 unspecified atom stereocenters. The van der Waals surface area contributed by atoms with Crippen LogP contribution in [0.1, 0.15) is 61.0 Å². The van der Waals surface area contributed by atoms with E-state index in [-0.39, 0.29) is 12.2 Å². The van der Waals surface area contributed by atoms with E-state index in [1.165, 1.54) is 5.56 Å². The molecule has 4 heteroatoms. The van der Waals surface area contributed by atoms with E-state index in [4.69, 9.17) is 9.05 Å². The van der Waals surface area contributed by atoms with Gasteiger partial charge >= 0.3 is 143 Å². The SMILES string of the molecule is CC(C)O[PH](Cc1ccccc1)(OC(C)C)N(C(C)C)C(C)C. The molecule has 0 amide bonds. The normalized spacial score (nSPS) is 13.8. The third-order valence-electron chi connectivity index (χ3n) is 3.62. The zero-order chi connectivity index (χ0) is 17.6. The molecule has 3 nitrogen and oxygen atoms in total. The van der Waals surface area contributed by atoms with Crippen LogP contribution in [0.2, 0.25) is 0 Å². The number of hydrogen-bond donors (Lipinski definition) is 0. The van der Waals surface area contributed by atoms with Crippen LogP contribution in [-0.4, -0.2) is 29.0 Å². The molecule has 0 saturated carbocycles. The molecule has 0 fully saturated rings. The summed E-state index contributed by atoms with van der Waals surface area (Å²) in [5, 5.41) is 0. The van der Waals surface area contributed by atoms with Crippen molar-refractivity contribution in [1.82, 2.24) is 4.67 Å². The molecular formula is C19H36NO2P. The maximum absolute atomic E-state index is 6.58. The van der Waals surface area contributed by atoms with Gasteiger partial charge in [-0.2, -0.15) is 0 Å². The first-order valence-electron chi connectivity index (χ1n) is 8.86. The van der Waals surface area contributed by atoms with Crippen LogP contribution in [0.4, 0.5) is 0 Å². The third kappa shape index (κ3) is 6.15. The molecule has 0 spiro atoms. The molecule has 0 radical (unpaired) electrons. The van der Waals surface area contributed by atoms with Gasteiger partial charge in [0.25, 0.3) is 0 Å². The number of rotatable bonds is 9. The molecule has 0 atom stereocenters. The fourth-order valence-electron chi connectivity index (χ4n) is 3.30. The zero-order valence-electron chi connectivity index (χ0n) is 16.2. The van der Waals surface area contributed by atoms with Crippen molar-refractivity contribution >= 4 is 7.87 Å². The van der Waals surface area contributed by atoms with E-state index < -0.39 is 7.87 Å². The second kappa shape index (κ2) is 9.13. The summed E-state index contributed by atoms with van der Waals surface area (Å²) in [7, 11) is -2.58. The summed E-state index contributed by atoms with van der Waals surface area (Å²) in [6.07, 6.45) is 1.13. The van der Waals surface area contributed by atoms with Gasteiger partial charge in [0.15, 0.2) is 0 Å². The van der Waals surface area contributed by atoms with Gasteiger partial charge in [0.05, 0.1) is 0 Å². The molecule has 0 heterocycles. The molecule has 0 aliphatic rings. The van der Waals surface area contributed by atoms with E-state index >= 15 is 0 Å². The van der Waals surface area contributed by atoms with Gasteiger partial charge in [-0.1, -0.05) is 0 Å². The fourth-order valence-corrected chi connectivity index (χ4v) is 7.74. The van der Waals surface area contributed by atoms with Crippen molar-refractivity contribution < 1.29 is 9.05 Å². The van der Waals surface area contributed by atoms with Gasteiger partial charge in [-0.25, -0.2) is 0 Å². The Labute approximate surface area is 143 Å². The molecule has 1 aromatic carbocycles. The van der Waals surface area contributed by atoms with Crippen LogP contribution in [0, 0.1) is 0 Å². The second-order valence-corrected chi connectivity index (χ2v) is 10.1. The Morgan fingerprint density at radius 2 is 1.22 bits per heavy atom. The van der Waals surface area contributed by atoms with E-state index in [0.29, 0.717) is 12.1 Å². The van der Waals surface area contributed by atoms with Gasteiger partial charge in [0, 0.05) is 0 Å². The van der Waals surface area contributed by atoms with E-state index in [0.717, 1.165) is 6.16 Å². The first-order chi connectivity index (χ1) is 10.7. The van der Waals surface area contributed by atoms with Crippen LogP contribution >= 0.6 is 7.87 Å². The summed E-state index contributed by atoms with van der Waals surface area (Å²) in [6.45, 7) is 17.4. The zero-order valence-corrected chi connectivity index (χ0v) is 17.2. The van der Waals surface area contributed by atoms with Gasteiger partial charge in [-0.15, -0.1) is 0 Å². The second-order valence-electron chi connectivity index (χ2n) is 7.30. The predicted octanol–water partition coefficient (Wildman–Crippen LogP) is 5.65. The van der Waals surface area contributed by atoms with Crippen molar-refractivity contribution in [3.8, 4) is 0 Å². The van der Waals surface area contributed by atoms with Gasteiger partial charge in [-0.3, -0.25) is 0 Å². The molecule has 0 aliphatic heterocycles. The summed E-state index contributed by atoms with van der Waals surface area (Å²) < 4.78 is 15.6. The first-order valence-corrected chi connectivity index (χ1v) is 10.8. The van der Waals surface area contributed by atoms with Crippen LogP contribution < -0.4 is 0 Å². The van der Waals surface area contributed by atoms with Crippen molar-refractivity contribution in [2.24, 2.45) is 0 Å². The van der Waals surface area contributed by atoms with Crippen molar-refractivity contribution in [3.05, 3.63) is 35.9 Å². The Bertz CT molecular complexity index is 428. The minimum absolute atomic E-state index is 0.143. The Hall–Kier alpha value is -0.470. The van der Waals surface area contributed by atoms with E-state index in [2.05, 4.69) is 90.4 Å². The molecule has 1 aromatic rings. The summed E-state index contributed by atoms with van der Waals surface area (Å²) in [5.41, 5.74) is 1.28. The van der Waals surface area contributed by atoms with Crippen molar-refractivity contribution in [2.45, 2.75) is 85.8 Å². The summed E-state index contributed by atoms with van der Waals surface area (Å²) in [5.74, 6) is 0. The Morgan fingerprint density at radius 3 is 1.57 bits per heavy atom. The molecule has 0 bridgehead atoms. The topological polar surface area (TPSA) is 21.7 Å². The monoisotopic (exact) mass is 341 g/mol. The van der Waals surface area contributed by atoms with Gasteiger partial charge < -0.3 is 0 Å². The Morgan fingerprint density at radius 1 is 0.783 bits per heavy atom. The Kier molecular flexibility index (Phi) is 8.17. The summed E-state index contributed by atoms with van der Waals surface area (Å²) >= 11 is 0. The molecule has 0 aromatic heterocycles. The van der Waals surface area contributed by atoms with E-state index in [9.17, 15) is 0 Å². The van der Waals surface area contributed by atoms with E-state index in [1.807, 2.05) is 0 Å². The maximum atomic E-state index is 6.58. The van der Waals surface area contributed by atoms with Gasteiger partial charge in [-0.05, 0) is 0 Å². The molecule has 0 saturated heterocycles. The molecular weight excluding hydrogens is 305 g/mol. The van der Waals surface area contributed by atoms with Crippen LogP contribution in [0.25, 0.3) is 0 Å². The predicted molar refractivity (Wildman–Crippen MR) is 103 cm³/mol. The standard InChI is InChI=1S/C19H36NO2P/c1-15(2)20(16(3)4)23(21-17(5)6,22-18(7)8)14-19-12-10-9-11-13-19/h9-13,15-18,23H,14H2,1-8H3. The van der Waals surface area contributed by atoms with Crippen LogP contribution in [0.15, 0.2) is 30.3 Å². The van der Waals surface area contributed by atoms with Crippen molar-refractivity contribution in [2.75, 3.05) is 0 Å². The van der Waals surface area contributed by atoms with E-state index in [1.54, 1.807) is 0 Å². The summed E-state index contributed by atoms with van der Waals surface area (Å²) in [4.78, 5) is 0. The number of hydrogen-bond acceptors (Lipinski definition) is 3. The molecule has 0 N–H and O–H groups in total. The minimum atomic E-state index is -2.58. The summed E-state index contributed by atoms with van der Waals surface area (Å²) in [6, 6.07) is 11.3. The first kappa shape index (κ1) is 20.6. The average Bonchev–Trinajstić information content (AvgIpc) is 2.36. The van der Waals surface area contributed by atoms with Crippen molar-refractivity contribution in [1.29, 1.82) is 0 Å². The molecule has 1 rings (SSSR count). The average molecular weight is 341 g/mol. The number of nitrogens with zero attached hydrogens (tertiary/aromatic N) is 1. The molecule has 134 valence electrons. The fraction of sp³-hybridized carbons (Fsp3) is 0.684. The number of benzene rings is 1. The van der Waals surface area contributed by atoms with Crippen LogP contribution in [0.3, 0.4) is 0 Å². The van der Waals surface area contributed by atoms with Gasteiger partial charge in [0.1, 0.15) is 0 Å². The molecule has 23 heavy (non-hydrogen) atoms. The molecule has 0 aliphatic carbocycles. The Balaban J connectivity index is 3.32. The van der Waals surface area contributed by atoms with Crippen LogP contribution in [0.5, 0.6) is 0 Å². The quantitative estimate of drug-likeness (QED) is 0.542.